The highest BCUT2D eigenvalue weighted by molar-refractivity contribution is 5.10. The Morgan fingerprint density at radius 3 is 2.70 bits per heavy atom. The summed E-state index contributed by atoms with van der Waals surface area (Å²) in [6, 6.07) is 0.141. The molecule has 1 saturated heterocycles. The summed E-state index contributed by atoms with van der Waals surface area (Å²) in [6.45, 7) is 9.14. The molecule has 1 fully saturated rings. The van der Waals surface area contributed by atoms with E-state index < -0.39 is 0 Å². The monoisotopic (exact) mass is 319 g/mol. The van der Waals surface area contributed by atoms with Gasteiger partial charge in [-0.05, 0) is 57.3 Å². The second kappa shape index (κ2) is 7.58. The smallest absolute Gasteiger partial charge is 0.244 e. The summed E-state index contributed by atoms with van der Waals surface area (Å²) in [6.07, 6.45) is 7.00. The molecule has 128 valence electrons. The van der Waals surface area contributed by atoms with E-state index in [4.69, 9.17) is 9.26 Å². The molecule has 0 bridgehead atoms. The number of rotatable bonds is 5. The summed E-state index contributed by atoms with van der Waals surface area (Å²) >= 11 is 0. The van der Waals surface area contributed by atoms with Crippen LogP contribution in [0.4, 0.5) is 0 Å². The molecule has 1 aromatic heterocycles. The third-order valence-corrected chi connectivity index (χ3v) is 5.46. The summed E-state index contributed by atoms with van der Waals surface area (Å²) in [4.78, 5) is 4.49. The molecule has 1 aromatic rings. The lowest BCUT2D eigenvalue weighted by Gasteiger charge is -2.33. The molecule has 0 spiro atoms. The molecule has 1 N–H and O–H groups in total. The molecule has 0 amide bonds. The van der Waals surface area contributed by atoms with Gasteiger partial charge in [-0.1, -0.05) is 23.7 Å². The highest BCUT2D eigenvalue weighted by Gasteiger charge is 2.31. The lowest BCUT2D eigenvalue weighted by Crippen LogP contribution is -2.37. The van der Waals surface area contributed by atoms with Crippen LogP contribution in [0, 0.1) is 24.7 Å². The number of aromatic nitrogens is 2. The van der Waals surface area contributed by atoms with Crippen molar-refractivity contribution in [1.29, 1.82) is 0 Å². The lowest BCUT2D eigenvalue weighted by atomic mass is 9.79. The highest BCUT2D eigenvalue weighted by atomic mass is 16.5. The molecule has 0 saturated carbocycles. The van der Waals surface area contributed by atoms with Crippen LogP contribution in [-0.2, 0) is 4.74 Å². The molecule has 1 aliphatic heterocycles. The zero-order chi connectivity index (χ0) is 16.2. The summed E-state index contributed by atoms with van der Waals surface area (Å²) in [5, 5.41) is 7.75. The predicted octanol–water partition coefficient (Wildman–Crippen LogP) is 3.43. The van der Waals surface area contributed by atoms with Gasteiger partial charge in [0.2, 0.25) is 5.89 Å². The molecule has 3 rings (SSSR count). The molecule has 5 heteroatoms. The maximum absolute atomic E-state index is 5.52. The van der Waals surface area contributed by atoms with Crippen molar-refractivity contribution in [3.8, 4) is 0 Å². The fourth-order valence-electron chi connectivity index (χ4n) is 3.94. The van der Waals surface area contributed by atoms with Crippen LogP contribution in [0.1, 0.15) is 57.3 Å². The van der Waals surface area contributed by atoms with Gasteiger partial charge in [0.15, 0.2) is 5.82 Å². The number of nitrogens with zero attached hydrogens (tertiary/aromatic N) is 2. The van der Waals surface area contributed by atoms with Gasteiger partial charge in [-0.3, -0.25) is 0 Å². The van der Waals surface area contributed by atoms with Crippen molar-refractivity contribution in [2.45, 2.75) is 52.5 Å². The van der Waals surface area contributed by atoms with Crippen molar-refractivity contribution >= 4 is 0 Å². The number of nitrogens with one attached hydrogen (secondary N) is 1. The van der Waals surface area contributed by atoms with Crippen molar-refractivity contribution < 1.29 is 9.26 Å². The summed E-state index contributed by atoms with van der Waals surface area (Å²) in [7, 11) is 0. The standard InChI is InChI=1S/C18H29N3O2/c1-12-5-4-6-13(2)16(12)11-19-17(15-7-9-22-10-8-15)18-20-14(3)21-23-18/h5,13,15-17,19H,4,6-11H2,1-3H3/t13-,16+,17+/m0/s1. The Morgan fingerprint density at radius 2 is 2.04 bits per heavy atom. The number of aryl methyl sites for hydroxylation is 1. The van der Waals surface area contributed by atoms with E-state index in [0.29, 0.717) is 17.7 Å². The lowest BCUT2D eigenvalue weighted by molar-refractivity contribution is 0.0479. The molecule has 0 radical (unpaired) electrons. The van der Waals surface area contributed by atoms with Crippen LogP contribution >= 0.6 is 0 Å². The van der Waals surface area contributed by atoms with E-state index in [0.717, 1.165) is 44.4 Å². The SMILES string of the molecule is CC1=CCC[C@H](C)[C@@H]1CN[C@@H](c1nc(C)no1)C1CCOCC1. The number of hydrogen-bond acceptors (Lipinski definition) is 5. The molecular weight excluding hydrogens is 290 g/mol. The van der Waals surface area contributed by atoms with E-state index in [-0.39, 0.29) is 6.04 Å². The van der Waals surface area contributed by atoms with Crippen LogP contribution in [0.2, 0.25) is 0 Å². The van der Waals surface area contributed by atoms with E-state index in [1.54, 1.807) is 0 Å². The fraction of sp³-hybridized carbons (Fsp3) is 0.778. The zero-order valence-electron chi connectivity index (χ0n) is 14.5. The fourth-order valence-corrected chi connectivity index (χ4v) is 3.94. The average molecular weight is 319 g/mol. The molecule has 23 heavy (non-hydrogen) atoms. The van der Waals surface area contributed by atoms with Gasteiger partial charge in [0.25, 0.3) is 0 Å². The van der Waals surface area contributed by atoms with E-state index >= 15 is 0 Å². The van der Waals surface area contributed by atoms with E-state index in [1.807, 2.05) is 6.92 Å². The van der Waals surface area contributed by atoms with Gasteiger partial charge >= 0.3 is 0 Å². The molecule has 0 aromatic carbocycles. The quantitative estimate of drug-likeness (QED) is 0.843. The first kappa shape index (κ1) is 16.7. The molecular formula is C18H29N3O2. The van der Waals surface area contributed by atoms with Gasteiger partial charge in [0.05, 0.1) is 6.04 Å². The van der Waals surface area contributed by atoms with Crippen molar-refractivity contribution in [2.24, 2.45) is 17.8 Å². The van der Waals surface area contributed by atoms with Gasteiger partial charge < -0.3 is 14.6 Å². The molecule has 1 aliphatic carbocycles. The predicted molar refractivity (Wildman–Crippen MR) is 89.0 cm³/mol. The van der Waals surface area contributed by atoms with Crippen LogP contribution in [0.25, 0.3) is 0 Å². The van der Waals surface area contributed by atoms with Crippen molar-refractivity contribution in [3.63, 3.8) is 0 Å². The Hall–Kier alpha value is -1.20. The Labute approximate surface area is 138 Å². The third-order valence-electron chi connectivity index (χ3n) is 5.46. The second-order valence-electron chi connectivity index (χ2n) is 7.12. The molecule has 0 unspecified atom stereocenters. The highest BCUT2D eigenvalue weighted by Crippen LogP contribution is 2.33. The maximum atomic E-state index is 5.52. The van der Waals surface area contributed by atoms with Gasteiger partial charge in [0.1, 0.15) is 0 Å². The third kappa shape index (κ3) is 4.01. The topological polar surface area (TPSA) is 60.2 Å². The summed E-state index contributed by atoms with van der Waals surface area (Å²) < 4.78 is 11.0. The van der Waals surface area contributed by atoms with E-state index in [2.05, 4.69) is 35.4 Å². The summed E-state index contributed by atoms with van der Waals surface area (Å²) in [5.41, 5.74) is 1.52. The van der Waals surface area contributed by atoms with Crippen LogP contribution in [0.3, 0.4) is 0 Å². The normalized spacial score (nSPS) is 27.7. The van der Waals surface area contributed by atoms with Gasteiger partial charge in [0, 0.05) is 19.8 Å². The molecule has 2 heterocycles. The Morgan fingerprint density at radius 1 is 1.26 bits per heavy atom. The van der Waals surface area contributed by atoms with Gasteiger partial charge in [-0.25, -0.2) is 0 Å². The van der Waals surface area contributed by atoms with Crippen molar-refractivity contribution in [1.82, 2.24) is 15.5 Å². The average Bonchev–Trinajstić information content (AvgIpc) is 2.97. The minimum Gasteiger partial charge on any atom is -0.381 e. The van der Waals surface area contributed by atoms with Crippen molar-refractivity contribution in [2.75, 3.05) is 19.8 Å². The zero-order valence-corrected chi connectivity index (χ0v) is 14.5. The van der Waals surface area contributed by atoms with Gasteiger partial charge in [-0.15, -0.1) is 0 Å². The van der Waals surface area contributed by atoms with Crippen LogP contribution in [0.15, 0.2) is 16.2 Å². The van der Waals surface area contributed by atoms with E-state index in [9.17, 15) is 0 Å². The largest absolute Gasteiger partial charge is 0.381 e. The first-order chi connectivity index (χ1) is 11.1. The Kier molecular flexibility index (Phi) is 5.49. The van der Waals surface area contributed by atoms with Crippen LogP contribution in [0.5, 0.6) is 0 Å². The number of allylic oxidation sites excluding steroid dienone is 1. The van der Waals surface area contributed by atoms with Gasteiger partial charge in [-0.2, -0.15) is 4.98 Å². The maximum Gasteiger partial charge on any atom is 0.244 e. The van der Waals surface area contributed by atoms with E-state index in [1.165, 1.54) is 18.4 Å². The first-order valence-electron chi connectivity index (χ1n) is 8.93. The number of hydrogen-bond donors (Lipinski definition) is 1. The number of ether oxygens (including phenoxy) is 1. The van der Waals surface area contributed by atoms with Crippen molar-refractivity contribution in [3.05, 3.63) is 23.4 Å². The summed E-state index contributed by atoms with van der Waals surface area (Å²) in [5.74, 6) is 3.29. The van der Waals surface area contributed by atoms with Crippen LogP contribution < -0.4 is 5.32 Å². The first-order valence-corrected chi connectivity index (χ1v) is 8.93. The molecule has 3 atom stereocenters. The van der Waals surface area contributed by atoms with Crippen LogP contribution in [-0.4, -0.2) is 29.9 Å². The minimum atomic E-state index is 0.141. The Balaban J connectivity index is 1.70. The molecule has 2 aliphatic rings. The minimum absolute atomic E-state index is 0.141. The Bertz CT molecular complexity index is 534. The molecule has 5 nitrogen and oxygen atoms in total. The second-order valence-corrected chi connectivity index (χ2v) is 7.12.